The Hall–Kier alpha value is -3.21. The van der Waals surface area contributed by atoms with E-state index in [0.717, 1.165) is 0 Å². The van der Waals surface area contributed by atoms with E-state index in [1.54, 1.807) is 38.1 Å². The van der Waals surface area contributed by atoms with E-state index in [1.165, 1.54) is 4.90 Å². The van der Waals surface area contributed by atoms with Gasteiger partial charge in [0.15, 0.2) is 17.5 Å². The van der Waals surface area contributed by atoms with Crippen LogP contribution in [-0.4, -0.2) is 66.3 Å². The standard InChI is InChI=1S/C26H37ClFN5O5/c1-16(2)23(32-26(37)38-15-18-7-3-4-9-19(18)27)24(36)33-12-6-10-20(33)21(34)13-17(22(35)14-28)8-5-11-31-25(29)30/h3-4,7,9,16-17,20,23H,5-6,8,10-15H2,1-2H3,(H,32,37)(H4,29,30,31)/t17-,20+,23+/m1/s1. The van der Waals surface area contributed by atoms with Crippen LogP contribution in [0.15, 0.2) is 29.3 Å². The van der Waals surface area contributed by atoms with E-state index in [9.17, 15) is 23.6 Å². The summed E-state index contributed by atoms with van der Waals surface area (Å²) in [4.78, 5) is 56.5. The second-order valence-electron chi connectivity index (χ2n) is 9.64. The summed E-state index contributed by atoms with van der Waals surface area (Å²) in [6, 6.07) is 5.25. The average molecular weight is 554 g/mol. The number of ketones is 2. The van der Waals surface area contributed by atoms with Crippen LogP contribution in [0.1, 0.15) is 51.5 Å². The molecule has 5 N–H and O–H groups in total. The number of carbonyl (C=O) groups excluding carboxylic acids is 4. The molecule has 0 spiro atoms. The summed E-state index contributed by atoms with van der Waals surface area (Å²) < 4.78 is 18.4. The molecule has 38 heavy (non-hydrogen) atoms. The van der Waals surface area contributed by atoms with Gasteiger partial charge in [-0.15, -0.1) is 0 Å². The molecule has 0 unspecified atom stereocenters. The van der Waals surface area contributed by atoms with Crippen LogP contribution < -0.4 is 16.8 Å². The maximum absolute atomic E-state index is 13.4. The van der Waals surface area contributed by atoms with Gasteiger partial charge in [-0.3, -0.25) is 19.4 Å². The topological polar surface area (TPSA) is 157 Å². The van der Waals surface area contributed by atoms with Gasteiger partial charge in [-0.25, -0.2) is 9.18 Å². The second-order valence-corrected chi connectivity index (χ2v) is 10.0. The molecule has 0 aliphatic carbocycles. The fraction of sp³-hybridized carbons (Fsp3) is 0.577. The van der Waals surface area contributed by atoms with Gasteiger partial charge in [0.1, 0.15) is 19.3 Å². The number of amides is 2. The minimum atomic E-state index is -1.18. The highest BCUT2D eigenvalue weighted by atomic mass is 35.5. The number of alkyl halides is 1. The number of nitrogens with zero attached hydrogens (tertiary/aromatic N) is 2. The lowest BCUT2D eigenvalue weighted by atomic mass is 9.90. The van der Waals surface area contributed by atoms with E-state index < -0.39 is 42.5 Å². The number of aliphatic imine (C=N–C) groups is 1. The quantitative estimate of drug-likeness (QED) is 0.181. The minimum absolute atomic E-state index is 0.0670. The van der Waals surface area contributed by atoms with Crippen molar-refractivity contribution < 1.29 is 28.3 Å². The Bertz CT molecular complexity index is 1020. The monoisotopic (exact) mass is 553 g/mol. The van der Waals surface area contributed by atoms with E-state index in [0.29, 0.717) is 36.4 Å². The van der Waals surface area contributed by atoms with Crippen LogP contribution in [0, 0.1) is 11.8 Å². The van der Waals surface area contributed by atoms with Crippen molar-refractivity contribution in [2.24, 2.45) is 28.3 Å². The smallest absolute Gasteiger partial charge is 0.408 e. The number of rotatable bonds is 14. The molecule has 3 atom stereocenters. The summed E-state index contributed by atoms with van der Waals surface area (Å²) in [5.41, 5.74) is 11.2. The molecule has 10 nitrogen and oxygen atoms in total. The molecule has 12 heteroatoms. The lowest BCUT2D eigenvalue weighted by Gasteiger charge is -2.30. The van der Waals surface area contributed by atoms with Crippen molar-refractivity contribution in [2.45, 2.75) is 64.6 Å². The van der Waals surface area contributed by atoms with Gasteiger partial charge in [-0.2, -0.15) is 0 Å². The van der Waals surface area contributed by atoms with Gasteiger partial charge in [-0.1, -0.05) is 43.6 Å². The number of hydrogen-bond donors (Lipinski definition) is 3. The molecule has 2 amide bonds. The van der Waals surface area contributed by atoms with Crippen LogP contribution in [0.3, 0.4) is 0 Å². The lowest BCUT2D eigenvalue weighted by molar-refractivity contribution is -0.140. The maximum atomic E-state index is 13.4. The molecule has 1 aromatic carbocycles. The molecule has 0 bridgehead atoms. The number of likely N-dealkylation sites (tertiary alicyclic amines) is 1. The van der Waals surface area contributed by atoms with Crippen molar-refractivity contribution >= 4 is 41.1 Å². The van der Waals surface area contributed by atoms with E-state index >= 15 is 0 Å². The first-order chi connectivity index (χ1) is 18.0. The van der Waals surface area contributed by atoms with Crippen molar-refractivity contribution in [3.05, 3.63) is 34.9 Å². The largest absolute Gasteiger partial charge is 0.445 e. The predicted octanol–water partition coefficient (Wildman–Crippen LogP) is 2.75. The normalized spacial score (nSPS) is 16.6. The van der Waals surface area contributed by atoms with Crippen LogP contribution in [0.4, 0.5) is 9.18 Å². The zero-order valence-corrected chi connectivity index (χ0v) is 22.6. The number of halogens is 2. The number of alkyl carbamates (subject to hydrolysis) is 1. The Kier molecular flexibility index (Phi) is 12.5. The molecule has 0 aromatic heterocycles. The summed E-state index contributed by atoms with van der Waals surface area (Å²) >= 11 is 6.10. The third-order valence-electron chi connectivity index (χ3n) is 6.47. The van der Waals surface area contributed by atoms with Crippen LogP contribution in [-0.2, 0) is 25.7 Å². The molecular weight excluding hydrogens is 517 g/mol. The zero-order chi connectivity index (χ0) is 28.2. The molecule has 210 valence electrons. The molecule has 1 fully saturated rings. The number of guanidine groups is 1. The summed E-state index contributed by atoms with van der Waals surface area (Å²) in [6.07, 6.45) is 0.712. The molecule has 0 saturated carbocycles. The molecule has 1 heterocycles. The van der Waals surface area contributed by atoms with Gasteiger partial charge in [0.25, 0.3) is 0 Å². The van der Waals surface area contributed by atoms with Gasteiger partial charge in [0.2, 0.25) is 5.91 Å². The van der Waals surface area contributed by atoms with Crippen LogP contribution in [0.5, 0.6) is 0 Å². The number of hydrogen-bond acceptors (Lipinski definition) is 6. The number of benzene rings is 1. The molecule has 1 aliphatic heterocycles. The number of carbonyl (C=O) groups is 4. The van der Waals surface area contributed by atoms with E-state index in [4.69, 9.17) is 27.8 Å². The first kappa shape index (κ1) is 31.0. The van der Waals surface area contributed by atoms with Gasteiger partial charge in [-0.05, 0) is 37.7 Å². The summed E-state index contributed by atoms with van der Waals surface area (Å²) in [5, 5.41) is 3.07. The first-order valence-electron chi connectivity index (χ1n) is 12.7. The van der Waals surface area contributed by atoms with Gasteiger partial charge in [0, 0.05) is 36.0 Å². The number of ether oxygens (including phenoxy) is 1. The van der Waals surface area contributed by atoms with Crippen LogP contribution in [0.25, 0.3) is 0 Å². The predicted molar refractivity (Wildman–Crippen MR) is 142 cm³/mol. The number of Topliss-reactive ketones (excluding diaryl/α,β-unsaturated/α-hetero) is 2. The van der Waals surface area contributed by atoms with Gasteiger partial charge in [0.05, 0.1) is 6.04 Å². The van der Waals surface area contributed by atoms with Crippen molar-refractivity contribution in [3.8, 4) is 0 Å². The number of nitrogens with two attached hydrogens (primary N) is 2. The highest BCUT2D eigenvalue weighted by Crippen LogP contribution is 2.25. The van der Waals surface area contributed by atoms with Crippen molar-refractivity contribution in [3.63, 3.8) is 0 Å². The fourth-order valence-electron chi connectivity index (χ4n) is 4.40. The summed E-state index contributed by atoms with van der Waals surface area (Å²) in [7, 11) is 0. The Morgan fingerprint density at radius 3 is 2.58 bits per heavy atom. The third kappa shape index (κ3) is 9.27. The molecular formula is C26H37ClFN5O5. The summed E-state index contributed by atoms with van der Waals surface area (Å²) in [5.74, 6) is -2.58. The fourth-order valence-corrected chi connectivity index (χ4v) is 4.59. The SMILES string of the molecule is CC(C)[C@H](NC(=O)OCc1ccccc1Cl)C(=O)N1CCC[C@H]1C(=O)C[C@@H](CCCN=C(N)N)C(=O)CF. The first-order valence-corrected chi connectivity index (χ1v) is 13.1. The highest BCUT2D eigenvalue weighted by Gasteiger charge is 2.39. The zero-order valence-electron chi connectivity index (χ0n) is 21.8. The minimum Gasteiger partial charge on any atom is -0.445 e. The molecule has 1 aromatic rings. The molecule has 1 aliphatic rings. The summed E-state index contributed by atoms with van der Waals surface area (Å²) in [6.45, 7) is 2.90. The van der Waals surface area contributed by atoms with E-state index in [1.807, 2.05) is 0 Å². The molecule has 0 radical (unpaired) electrons. The van der Waals surface area contributed by atoms with Gasteiger partial charge >= 0.3 is 6.09 Å². The Morgan fingerprint density at radius 2 is 1.95 bits per heavy atom. The van der Waals surface area contributed by atoms with Crippen LogP contribution in [0.2, 0.25) is 5.02 Å². The Labute approximate surface area is 227 Å². The second kappa shape index (κ2) is 15.3. The molecule has 1 saturated heterocycles. The number of nitrogens with one attached hydrogen (secondary N) is 1. The lowest BCUT2D eigenvalue weighted by Crippen LogP contribution is -2.54. The Balaban J connectivity index is 2.03. The van der Waals surface area contributed by atoms with Crippen molar-refractivity contribution in [2.75, 3.05) is 19.8 Å². The van der Waals surface area contributed by atoms with E-state index in [-0.39, 0.29) is 43.7 Å². The van der Waals surface area contributed by atoms with E-state index in [2.05, 4.69) is 10.3 Å². The van der Waals surface area contributed by atoms with Crippen molar-refractivity contribution in [1.82, 2.24) is 10.2 Å². The van der Waals surface area contributed by atoms with Crippen molar-refractivity contribution in [1.29, 1.82) is 0 Å². The third-order valence-corrected chi connectivity index (χ3v) is 6.84. The average Bonchev–Trinajstić information content (AvgIpc) is 3.37. The van der Waals surface area contributed by atoms with Crippen LogP contribution >= 0.6 is 11.6 Å². The molecule has 2 rings (SSSR count). The maximum Gasteiger partial charge on any atom is 0.408 e. The highest BCUT2D eigenvalue weighted by molar-refractivity contribution is 6.31. The van der Waals surface area contributed by atoms with Gasteiger partial charge < -0.3 is 26.4 Å². The Morgan fingerprint density at radius 1 is 1.24 bits per heavy atom.